The van der Waals surface area contributed by atoms with Crippen LogP contribution in [0.15, 0.2) is 36.0 Å². The molecule has 24 heavy (non-hydrogen) atoms. The topological polar surface area (TPSA) is 84.0 Å². The van der Waals surface area contributed by atoms with E-state index in [1.165, 1.54) is 18.3 Å². The van der Waals surface area contributed by atoms with E-state index < -0.39 is 5.91 Å². The Balaban J connectivity index is 2.21. The summed E-state index contributed by atoms with van der Waals surface area (Å²) in [5.74, 6) is -0.759. The van der Waals surface area contributed by atoms with Gasteiger partial charge in [-0.05, 0) is 11.6 Å². The second-order valence-corrected chi connectivity index (χ2v) is 7.24. The molecule has 0 spiro atoms. The zero-order valence-electron chi connectivity index (χ0n) is 14.1. The van der Waals surface area contributed by atoms with Crippen molar-refractivity contribution < 1.29 is 9.59 Å². The molecule has 0 atom stereocenters. The summed E-state index contributed by atoms with van der Waals surface area (Å²) >= 11 is 1.32. The summed E-state index contributed by atoms with van der Waals surface area (Å²) < 4.78 is 0. The molecule has 2 N–H and O–H groups in total. The lowest BCUT2D eigenvalue weighted by atomic mass is 9.98. The van der Waals surface area contributed by atoms with Crippen molar-refractivity contribution in [3.63, 3.8) is 0 Å². The largest absolute Gasteiger partial charge is 0.322 e. The molecule has 0 aliphatic carbocycles. The van der Waals surface area contributed by atoms with Gasteiger partial charge in [-0.25, -0.2) is 0 Å². The summed E-state index contributed by atoms with van der Waals surface area (Å²) in [5, 5.41) is 14.5. The van der Waals surface area contributed by atoms with E-state index in [2.05, 4.69) is 20.8 Å². The Morgan fingerprint density at radius 1 is 1.12 bits per heavy atom. The molecule has 0 fully saturated rings. The maximum absolute atomic E-state index is 12.5. The molecule has 0 bridgehead atoms. The van der Waals surface area contributed by atoms with Crippen LogP contribution in [0, 0.1) is 0 Å². The van der Waals surface area contributed by atoms with Crippen LogP contribution in [0.4, 0.5) is 5.13 Å². The summed E-state index contributed by atoms with van der Waals surface area (Å²) in [5.41, 5.74) is 0.825. The van der Waals surface area contributed by atoms with Gasteiger partial charge in [0, 0.05) is 12.3 Å². The summed E-state index contributed by atoms with van der Waals surface area (Å²) in [6.45, 7) is 7.43. The maximum atomic E-state index is 12.5. The van der Waals surface area contributed by atoms with Gasteiger partial charge < -0.3 is 5.32 Å². The first kappa shape index (κ1) is 17.8. The van der Waals surface area contributed by atoms with Gasteiger partial charge in [-0.15, -0.1) is 10.2 Å². The molecule has 0 aliphatic heterocycles. The average Bonchev–Trinajstić information content (AvgIpc) is 2.96. The number of nitrogens with zero attached hydrogens (tertiary/aromatic N) is 2. The van der Waals surface area contributed by atoms with Gasteiger partial charge in [0.1, 0.15) is 10.7 Å². The van der Waals surface area contributed by atoms with Crippen molar-refractivity contribution >= 4 is 34.4 Å². The number of anilines is 1. The Bertz CT molecular complexity index is 760. The molecule has 2 aromatic rings. The lowest BCUT2D eigenvalue weighted by molar-refractivity contribution is -0.120. The van der Waals surface area contributed by atoms with Crippen LogP contribution >= 0.6 is 11.3 Å². The molecule has 1 aromatic carbocycles. The van der Waals surface area contributed by atoms with Crippen molar-refractivity contribution in [2.75, 3.05) is 5.32 Å². The minimum atomic E-state index is -0.439. The number of nitrogens with one attached hydrogen (secondary N) is 2. The van der Waals surface area contributed by atoms with Crippen LogP contribution in [0.5, 0.6) is 0 Å². The first-order valence-corrected chi connectivity index (χ1v) is 8.27. The second kappa shape index (κ2) is 7.35. The third-order valence-electron chi connectivity index (χ3n) is 2.95. The smallest absolute Gasteiger partial charge is 0.274 e. The van der Waals surface area contributed by atoms with E-state index in [1.807, 2.05) is 51.1 Å². The van der Waals surface area contributed by atoms with Gasteiger partial charge in [-0.2, -0.15) is 0 Å². The summed E-state index contributed by atoms with van der Waals surface area (Å²) in [6, 6.07) is 9.28. The van der Waals surface area contributed by atoms with E-state index in [4.69, 9.17) is 0 Å². The number of aromatic nitrogens is 2. The number of carbonyl (C=O) groups is 2. The van der Waals surface area contributed by atoms with Gasteiger partial charge in [0.25, 0.3) is 5.91 Å². The Labute approximate surface area is 145 Å². The van der Waals surface area contributed by atoms with Gasteiger partial charge in [-0.1, -0.05) is 62.4 Å². The molecule has 2 amide bonds. The first-order valence-electron chi connectivity index (χ1n) is 7.45. The first-order chi connectivity index (χ1) is 11.3. The Kier molecular flexibility index (Phi) is 5.46. The number of amides is 2. The lowest BCUT2D eigenvalue weighted by Gasteiger charge is -2.12. The van der Waals surface area contributed by atoms with Crippen molar-refractivity contribution in [3.8, 4) is 0 Å². The van der Waals surface area contributed by atoms with E-state index in [1.54, 1.807) is 6.08 Å². The Morgan fingerprint density at radius 3 is 2.33 bits per heavy atom. The monoisotopic (exact) mass is 344 g/mol. The van der Waals surface area contributed by atoms with Crippen LogP contribution in [0.2, 0.25) is 0 Å². The third kappa shape index (κ3) is 4.99. The Morgan fingerprint density at radius 2 is 1.79 bits per heavy atom. The van der Waals surface area contributed by atoms with Gasteiger partial charge in [0.05, 0.1) is 0 Å². The standard InChI is InChI=1S/C17H20N4O2S/c1-11(22)18-13(10-12-8-6-5-7-9-12)14(23)19-16-21-20-15(24-16)17(2,3)4/h5-10H,1-4H3,(H,18,22)(H,19,21,23)/b13-10+. The molecule has 0 unspecified atom stereocenters. The van der Waals surface area contributed by atoms with E-state index in [-0.39, 0.29) is 17.0 Å². The minimum absolute atomic E-state index is 0.138. The maximum Gasteiger partial charge on any atom is 0.274 e. The average molecular weight is 344 g/mol. The molecule has 0 radical (unpaired) electrons. The molecule has 6 nitrogen and oxygen atoms in total. The highest BCUT2D eigenvalue weighted by molar-refractivity contribution is 7.15. The van der Waals surface area contributed by atoms with Crippen molar-refractivity contribution in [2.45, 2.75) is 33.1 Å². The summed E-state index contributed by atoms with van der Waals surface area (Å²) in [4.78, 5) is 23.8. The predicted molar refractivity (Wildman–Crippen MR) is 95.5 cm³/mol. The molecular formula is C17H20N4O2S. The second-order valence-electron chi connectivity index (χ2n) is 6.27. The van der Waals surface area contributed by atoms with E-state index in [9.17, 15) is 9.59 Å². The molecule has 0 saturated heterocycles. The predicted octanol–water partition coefficient (Wildman–Crippen LogP) is 2.95. The van der Waals surface area contributed by atoms with E-state index in [0.29, 0.717) is 5.13 Å². The number of hydrogen-bond donors (Lipinski definition) is 2. The number of carbonyl (C=O) groups excluding carboxylic acids is 2. The third-order valence-corrected chi connectivity index (χ3v) is 4.22. The molecule has 0 aliphatic rings. The van der Waals surface area contributed by atoms with Crippen molar-refractivity contribution in [1.82, 2.24) is 15.5 Å². The molecule has 0 saturated carbocycles. The fourth-order valence-corrected chi connectivity index (χ4v) is 2.60. The number of rotatable bonds is 4. The van der Waals surface area contributed by atoms with Crippen LogP contribution in [0.1, 0.15) is 38.3 Å². The summed E-state index contributed by atoms with van der Waals surface area (Å²) in [6.07, 6.45) is 1.61. The molecule has 2 rings (SSSR count). The van der Waals surface area contributed by atoms with Gasteiger partial charge in [0.15, 0.2) is 0 Å². The fourth-order valence-electron chi connectivity index (χ4n) is 1.81. The van der Waals surface area contributed by atoms with Crippen molar-refractivity contribution in [3.05, 3.63) is 46.6 Å². The highest BCUT2D eigenvalue weighted by Crippen LogP contribution is 2.27. The molecule has 7 heteroatoms. The Hall–Kier alpha value is -2.54. The van der Waals surface area contributed by atoms with Crippen LogP contribution < -0.4 is 10.6 Å². The van der Waals surface area contributed by atoms with Crippen molar-refractivity contribution in [1.29, 1.82) is 0 Å². The highest BCUT2D eigenvalue weighted by Gasteiger charge is 2.21. The molecule has 126 valence electrons. The fraction of sp³-hybridized carbons (Fsp3) is 0.294. The van der Waals surface area contributed by atoms with E-state index in [0.717, 1.165) is 10.6 Å². The van der Waals surface area contributed by atoms with Crippen LogP contribution in [0.25, 0.3) is 6.08 Å². The zero-order valence-corrected chi connectivity index (χ0v) is 14.9. The zero-order chi connectivity index (χ0) is 17.7. The van der Waals surface area contributed by atoms with Crippen molar-refractivity contribution in [2.24, 2.45) is 0 Å². The number of hydrogen-bond acceptors (Lipinski definition) is 5. The number of benzene rings is 1. The lowest BCUT2D eigenvalue weighted by Crippen LogP contribution is -2.28. The van der Waals surface area contributed by atoms with Gasteiger partial charge in [-0.3, -0.25) is 14.9 Å². The van der Waals surface area contributed by atoms with Crippen LogP contribution in [-0.2, 0) is 15.0 Å². The van der Waals surface area contributed by atoms with Crippen LogP contribution in [-0.4, -0.2) is 22.0 Å². The normalized spacial score (nSPS) is 11.9. The highest BCUT2D eigenvalue weighted by atomic mass is 32.1. The quantitative estimate of drug-likeness (QED) is 0.835. The summed E-state index contributed by atoms with van der Waals surface area (Å²) in [7, 11) is 0. The minimum Gasteiger partial charge on any atom is -0.322 e. The molecular weight excluding hydrogens is 324 g/mol. The SMILES string of the molecule is CC(=O)N/C(=C/c1ccccc1)C(=O)Nc1nnc(C(C)(C)C)s1. The van der Waals surface area contributed by atoms with Gasteiger partial charge >= 0.3 is 0 Å². The van der Waals surface area contributed by atoms with Gasteiger partial charge in [0.2, 0.25) is 11.0 Å². The van der Waals surface area contributed by atoms with Crippen LogP contribution in [0.3, 0.4) is 0 Å². The molecule has 1 heterocycles. The van der Waals surface area contributed by atoms with E-state index >= 15 is 0 Å². The molecule has 1 aromatic heterocycles.